The summed E-state index contributed by atoms with van der Waals surface area (Å²) >= 11 is 4.53. The lowest BCUT2D eigenvalue weighted by atomic mass is 10.2. The minimum absolute atomic E-state index is 0.0118. The lowest BCUT2D eigenvalue weighted by molar-refractivity contribution is -0.129. The quantitative estimate of drug-likeness (QED) is 0.325. The first kappa shape index (κ1) is 18.5. The van der Waals surface area contributed by atoms with E-state index in [1.807, 2.05) is 12.1 Å². The maximum atomic E-state index is 12.1. The maximum Gasteiger partial charge on any atom is 0.245 e. The highest BCUT2D eigenvalue weighted by molar-refractivity contribution is 7.78. The molecule has 7 heteroatoms. The summed E-state index contributed by atoms with van der Waals surface area (Å²) in [5.74, 6) is 1.63. The second-order valence-electron chi connectivity index (χ2n) is 4.56. The van der Waals surface area contributed by atoms with Gasteiger partial charge in [0.05, 0.1) is 17.5 Å². The molecule has 1 aromatic rings. The first-order chi connectivity index (χ1) is 11.1. The number of hydrogen-bond donors (Lipinski definition) is 2. The summed E-state index contributed by atoms with van der Waals surface area (Å²) < 4.78 is 5.12. The minimum atomic E-state index is -0.792. The van der Waals surface area contributed by atoms with Crippen molar-refractivity contribution >= 4 is 34.9 Å². The largest absolute Gasteiger partial charge is 0.366 e. The number of carbonyl (C=O) groups excluding carboxylic acids is 2. The van der Waals surface area contributed by atoms with Crippen LogP contribution >= 0.6 is 12.2 Å². The lowest BCUT2D eigenvalue weighted by Crippen LogP contribution is -2.48. The molecule has 0 aliphatic rings. The zero-order valence-electron chi connectivity index (χ0n) is 12.7. The van der Waals surface area contributed by atoms with Crippen LogP contribution in [-0.2, 0) is 20.9 Å². The van der Waals surface area contributed by atoms with Crippen LogP contribution in [-0.4, -0.2) is 36.2 Å². The molecule has 2 amide bonds. The minimum Gasteiger partial charge on any atom is -0.366 e. The number of ether oxygens (including phenoxy) is 1. The number of nitrogens with zero attached hydrogens (tertiary/aromatic N) is 1. The number of amides is 2. The smallest absolute Gasteiger partial charge is 0.245 e. The number of carbonyl (C=O) groups is 2. The number of isothiocyanates is 1. The number of rotatable bonds is 8. The molecule has 1 aromatic carbocycles. The van der Waals surface area contributed by atoms with Gasteiger partial charge in [0.15, 0.2) is 0 Å². The van der Waals surface area contributed by atoms with Crippen LogP contribution in [0.1, 0.15) is 12.5 Å². The molecule has 1 rings (SSSR count). The Labute approximate surface area is 140 Å². The van der Waals surface area contributed by atoms with Gasteiger partial charge in [-0.2, -0.15) is 4.99 Å². The average Bonchev–Trinajstić information content (AvgIpc) is 2.53. The number of thiocarbonyl (C=S) groups is 1. The summed E-state index contributed by atoms with van der Waals surface area (Å²) in [7, 11) is 0. The Morgan fingerprint density at radius 2 is 2.09 bits per heavy atom. The zero-order chi connectivity index (χ0) is 17.1. The molecular formula is C16H17N3O3S. The van der Waals surface area contributed by atoms with E-state index in [1.54, 1.807) is 12.1 Å². The van der Waals surface area contributed by atoms with Crippen molar-refractivity contribution in [3.05, 3.63) is 29.8 Å². The Bertz CT molecular complexity index is 631. The van der Waals surface area contributed by atoms with Crippen LogP contribution in [0.3, 0.4) is 0 Å². The van der Waals surface area contributed by atoms with E-state index >= 15 is 0 Å². The summed E-state index contributed by atoms with van der Waals surface area (Å²) in [5.41, 5.74) is 1.57. The molecule has 0 unspecified atom stereocenters. The van der Waals surface area contributed by atoms with Gasteiger partial charge in [0.25, 0.3) is 0 Å². The highest BCUT2D eigenvalue weighted by Crippen LogP contribution is 2.12. The molecule has 0 bridgehead atoms. The van der Waals surface area contributed by atoms with Crippen molar-refractivity contribution in [2.24, 2.45) is 4.99 Å². The van der Waals surface area contributed by atoms with E-state index in [0.717, 1.165) is 5.56 Å². The molecule has 1 atom stereocenters. The molecular weight excluding hydrogens is 314 g/mol. The van der Waals surface area contributed by atoms with Crippen molar-refractivity contribution in [2.45, 2.75) is 19.5 Å². The molecule has 23 heavy (non-hydrogen) atoms. The van der Waals surface area contributed by atoms with Gasteiger partial charge in [0.2, 0.25) is 11.8 Å². The first-order valence-corrected chi connectivity index (χ1v) is 7.20. The molecule has 0 heterocycles. The van der Waals surface area contributed by atoms with E-state index in [2.05, 4.69) is 38.9 Å². The number of terminal acetylenes is 1. The summed E-state index contributed by atoms with van der Waals surface area (Å²) in [6.45, 7) is 1.73. The van der Waals surface area contributed by atoms with Crippen LogP contribution in [0.2, 0.25) is 0 Å². The van der Waals surface area contributed by atoms with Crippen LogP contribution < -0.4 is 10.6 Å². The first-order valence-electron chi connectivity index (χ1n) is 6.79. The Morgan fingerprint density at radius 1 is 1.39 bits per heavy atom. The molecule has 120 valence electrons. The fourth-order valence-corrected chi connectivity index (χ4v) is 1.82. The van der Waals surface area contributed by atoms with Gasteiger partial charge in [-0.25, -0.2) is 0 Å². The summed E-state index contributed by atoms with van der Waals surface area (Å²) in [6.07, 6.45) is 5.08. The third-order valence-corrected chi connectivity index (χ3v) is 2.83. The fraction of sp³-hybridized carbons (Fsp3) is 0.312. The second-order valence-corrected chi connectivity index (χ2v) is 4.74. The summed E-state index contributed by atoms with van der Waals surface area (Å²) in [6, 6.07) is 6.37. The monoisotopic (exact) mass is 331 g/mol. The molecule has 0 radical (unpaired) electrons. The highest BCUT2D eigenvalue weighted by Gasteiger charge is 2.19. The molecule has 2 N–H and O–H groups in total. The van der Waals surface area contributed by atoms with Crippen molar-refractivity contribution < 1.29 is 14.3 Å². The maximum absolute atomic E-state index is 12.1. The lowest BCUT2D eigenvalue weighted by Gasteiger charge is -2.17. The SMILES string of the molecule is C#CCOC[C@@H](NC(C)=O)C(=O)NCc1ccc(N=C=S)cc1. The predicted molar refractivity (Wildman–Crippen MR) is 90.2 cm³/mol. The van der Waals surface area contributed by atoms with Gasteiger partial charge < -0.3 is 15.4 Å². The molecule has 0 aliphatic heterocycles. The van der Waals surface area contributed by atoms with E-state index in [0.29, 0.717) is 12.2 Å². The highest BCUT2D eigenvalue weighted by atomic mass is 32.1. The number of hydrogen-bond acceptors (Lipinski definition) is 5. The number of aliphatic imine (C=N–C) groups is 1. The molecule has 0 aliphatic carbocycles. The summed E-state index contributed by atoms with van der Waals surface area (Å²) in [5, 5.41) is 7.53. The van der Waals surface area contributed by atoms with Crippen LogP contribution in [0.25, 0.3) is 0 Å². The topological polar surface area (TPSA) is 79.8 Å². The molecule has 0 saturated heterocycles. The van der Waals surface area contributed by atoms with Gasteiger partial charge >= 0.3 is 0 Å². The van der Waals surface area contributed by atoms with Gasteiger partial charge in [-0.1, -0.05) is 18.1 Å². The van der Waals surface area contributed by atoms with Gasteiger partial charge in [0.1, 0.15) is 12.6 Å². The number of nitrogens with one attached hydrogen (secondary N) is 2. The molecule has 0 fully saturated rings. The van der Waals surface area contributed by atoms with Gasteiger partial charge in [-0.3, -0.25) is 9.59 Å². The van der Waals surface area contributed by atoms with Crippen LogP contribution in [0.15, 0.2) is 29.3 Å². The standard InChI is InChI=1S/C16H17N3O3S/c1-3-8-22-10-15(19-12(2)20)16(21)17-9-13-4-6-14(7-5-13)18-11-23/h1,4-7,15H,8-10H2,2H3,(H,17,21)(H,19,20)/t15-/m1/s1. The normalized spacial score (nSPS) is 10.8. The fourth-order valence-electron chi connectivity index (χ4n) is 1.72. The zero-order valence-corrected chi connectivity index (χ0v) is 13.5. The molecule has 0 spiro atoms. The van der Waals surface area contributed by atoms with Gasteiger partial charge in [0, 0.05) is 13.5 Å². The van der Waals surface area contributed by atoms with E-state index < -0.39 is 6.04 Å². The summed E-state index contributed by atoms with van der Waals surface area (Å²) in [4.78, 5) is 27.1. The van der Waals surface area contributed by atoms with Crippen molar-refractivity contribution in [1.82, 2.24) is 10.6 Å². The Kier molecular flexibility index (Phi) is 8.25. The number of benzene rings is 1. The predicted octanol–water partition coefficient (Wildman–Crippen LogP) is 1.19. The van der Waals surface area contributed by atoms with E-state index in [4.69, 9.17) is 11.2 Å². The average molecular weight is 331 g/mol. The second kappa shape index (κ2) is 10.2. The van der Waals surface area contributed by atoms with Crippen molar-refractivity contribution in [1.29, 1.82) is 0 Å². The van der Waals surface area contributed by atoms with E-state index in [1.165, 1.54) is 6.92 Å². The van der Waals surface area contributed by atoms with Crippen molar-refractivity contribution in [3.63, 3.8) is 0 Å². The van der Waals surface area contributed by atoms with E-state index in [9.17, 15) is 9.59 Å². The third kappa shape index (κ3) is 7.34. The van der Waals surface area contributed by atoms with Crippen LogP contribution in [0, 0.1) is 12.3 Å². The van der Waals surface area contributed by atoms with Crippen molar-refractivity contribution in [2.75, 3.05) is 13.2 Å². The third-order valence-electron chi connectivity index (χ3n) is 2.74. The Hall–Kier alpha value is -2.52. The molecule has 0 saturated carbocycles. The Morgan fingerprint density at radius 3 is 2.65 bits per heavy atom. The molecule has 0 aromatic heterocycles. The van der Waals surface area contributed by atoms with Crippen LogP contribution in [0.4, 0.5) is 5.69 Å². The van der Waals surface area contributed by atoms with Crippen molar-refractivity contribution in [3.8, 4) is 12.3 Å². The van der Waals surface area contributed by atoms with E-state index in [-0.39, 0.29) is 25.0 Å². The van der Waals surface area contributed by atoms with Crippen LogP contribution in [0.5, 0.6) is 0 Å². The van der Waals surface area contributed by atoms with Gasteiger partial charge in [-0.05, 0) is 29.9 Å². The molecule has 6 nitrogen and oxygen atoms in total. The Balaban J connectivity index is 2.57. The van der Waals surface area contributed by atoms with Gasteiger partial charge in [-0.15, -0.1) is 6.42 Å².